The van der Waals surface area contributed by atoms with Crippen LogP contribution in [0.2, 0.25) is 0 Å². The maximum absolute atomic E-state index is 2.88. The fraction of sp³-hybridized carbons (Fsp3) is 0.294. The van der Waals surface area contributed by atoms with Gasteiger partial charge in [-0.2, -0.15) is 0 Å². The van der Waals surface area contributed by atoms with Gasteiger partial charge in [0.15, 0.2) is 0 Å². The summed E-state index contributed by atoms with van der Waals surface area (Å²) in [6.07, 6.45) is 4.77. The van der Waals surface area contributed by atoms with Gasteiger partial charge in [-0.3, -0.25) is 0 Å². The van der Waals surface area contributed by atoms with Crippen molar-refractivity contribution in [3.63, 3.8) is 0 Å². The molecular weight excluding hydrogens is 235 g/mol. The number of hydrogen-bond donors (Lipinski definition) is 0. The maximum Gasteiger partial charge on any atom is -0.00169 e. The molecule has 0 amide bonds. The van der Waals surface area contributed by atoms with E-state index in [1.807, 2.05) is 0 Å². The molecule has 0 radical (unpaired) electrons. The average Bonchev–Trinajstić information content (AvgIpc) is 2.41. The SMILES string of the molecule is CCCCc1cccc(P)c1Cc1ccccc1. The molecule has 0 saturated heterocycles. The zero-order chi connectivity index (χ0) is 12.8. The van der Waals surface area contributed by atoms with Gasteiger partial charge >= 0.3 is 0 Å². The van der Waals surface area contributed by atoms with Crippen LogP contribution in [0, 0.1) is 0 Å². The quantitative estimate of drug-likeness (QED) is 0.706. The van der Waals surface area contributed by atoms with Crippen molar-refractivity contribution >= 4 is 14.5 Å². The van der Waals surface area contributed by atoms with Crippen molar-refractivity contribution in [1.82, 2.24) is 0 Å². The van der Waals surface area contributed by atoms with Crippen LogP contribution in [0.4, 0.5) is 0 Å². The van der Waals surface area contributed by atoms with E-state index in [0.717, 1.165) is 6.42 Å². The highest BCUT2D eigenvalue weighted by atomic mass is 31.0. The molecule has 1 heteroatoms. The molecular formula is C17H21P. The lowest BCUT2D eigenvalue weighted by Gasteiger charge is -2.12. The fourth-order valence-electron chi connectivity index (χ4n) is 2.27. The second-order valence-electron chi connectivity index (χ2n) is 4.75. The smallest absolute Gasteiger partial charge is 0.00169 e. The van der Waals surface area contributed by atoms with Crippen LogP contribution in [0.5, 0.6) is 0 Å². The molecule has 2 rings (SSSR count). The highest BCUT2D eigenvalue weighted by molar-refractivity contribution is 7.27. The van der Waals surface area contributed by atoms with Crippen molar-refractivity contribution in [3.05, 3.63) is 65.2 Å². The Labute approximate surface area is 113 Å². The van der Waals surface area contributed by atoms with E-state index >= 15 is 0 Å². The molecule has 0 bridgehead atoms. The van der Waals surface area contributed by atoms with Crippen molar-refractivity contribution < 1.29 is 0 Å². The fourth-order valence-corrected chi connectivity index (χ4v) is 2.67. The van der Waals surface area contributed by atoms with E-state index in [0.29, 0.717) is 0 Å². The molecule has 1 unspecified atom stereocenters. The molecule has 0 nitrogen and oxygen atoms in total. The van der Waals surface area contributed by atoms with E-state index in [1.54, 1.807) is 0 Å². The van der Waals surface area contributed by atoms with E-state index in [2.05, 4.69) is 64.7 Å². The van der Waals surface area contributed by atoms with Crippen molar-refractivity contribution in [2.45, 2.75) is 32.6 Å². The van der Waals surface area contributed by atoms with Gasteiger partial charge in [0.25, 0.3) is 0 Å². The summed E-state index contributed by atoms with van der Waals surface area (Å²) in [6.45, 7) is 2.25. The zero-order valence-corrected chi connectivity index (χ0v) is 12.2. The van der Waals surface area contributed by atoms with Crippen molar-refractivity contribution in [1.29, 1.82) is 0 Å². The third-order valence-corrected chi connectivity index (χ3v) is 3.87. The predicted molar refractivity (Wildman–Crippen MR) is 83.6 cm³/mol. The van der Waals surface area contributed by atoms with E-state index in [1.165, 1.54) is 41.3 Å². The van der Waals surface area contributed by atoms with Gasteiger partial charge in [0, 0.05) is 0 Å². The van der Waals surface area contributed by atoms with Gasteiger partial charge in [0.05, 0.1) is 0 Å². The topological polar surface area (TPSA) is 0 Å². The van der Waals surface area contributed by atoms with E-state index < -0.39 is 0 Å². The van der Waals surface area contributed by atoms with Gasteiger partial charge in [-0.1, -0.05) is 61.9 Å². The maximum atomic E-state index is 2.88. The highest BCUT2D eigenvalue weighted by Crippen LogP contribution is 2.16. The van der Waals surface area contributed by atoms with Crippen LogP contribution in [0.25, 0.3) is 0 Å². The third-order valence-electron chi connectivity index (χ3n) is 3.33. The van der Waals surface area contributed by atoms with Crippen LogP contribution in [0.1, 0.15) is 36.5 Å². The van der Waals surface area contributed by atoms with Crippen LogP contribution < -0.4 is 5.30 Å². The normalized spacial score (nSPS) is 10.6. The Balaban J connectivity index is 2.25. The molecule has 0 spiro atoms. The van der Waals surface area contributed by atoms with E-state index in [-0.39, 0.29) is 0 Å². The third kappa shape index (κ3) is 3.43. The van der Waals surface area contributed by atoms with E-state index in [4.69, 9.17) is 0 Å². The molecule has 0 aromatic heterocycles. The van der Waals surface area contributed by atoms with Crippen molar-refractivity contribution in [2.24, 2.45) is 0 Å². The van der Waals surface area contributed by atoms with Crippen LogP contribution in [-0.4, -0.2) is 0 Å². The molecule has 1 atom stereocenters. The lowest BCUT2D eigenvalue weighted by Crippen LogP contribution is -2.07. The molecule has 18 heavy (non-hydrogen) atoms. The largest absolute Gasteiger partial charge is 0.105 e. The second-order valence-corrected chi connectivity index (χ2v) is 5.37. The Hall–Kier alpha value is -1.13. The number of unbranched alkanes of at least 4 members (excludes halogenated alkanes) is 1. The minimum absolute atomic E-state index is 1.04. The average molecular weight is 256 g/mol. The molecule has 2 aromatic rings. The molecule has 0 fully saturated rings. The lowest BCUT2D eigenvalue weighted by atomic mass is 9.96. The molecule has 94 valence electrons. The molecule has 0 aliphatic heterocycles. The van der Waals surface area contributed by atoms with Gasteiger partial charge in [0.2, 0.25) is 0 Å². The molecule has 0 saturated carbocycles. The minimum atomic E-state index is 1.04. The first-order chi connectivity index (χ1) is 8.81. The van der Waals surface area contributed by atoms with Crippen LogP contribution in [0.15, 0.2) is 48.5 Å². The number of hydrogen-bond acceptors (Lipinski definition) is 0. The summed E-state index contributed by atoms with van der Waals surface area (Å²) in [7, 11) is 2.88. The zero-order valence-electron chi connectivity index (χ0n) is 11.0. The van der Waals surface area contributed by atoms with Crippen LogP contribution in [-0.2, 0) is 12.8 Å². The standard InChI is InChI=1S/C17H21P/c1-2-3-10-15-11-7-12-17(18)16(15)13-14-8-5-4-6-9-14/h4-9,11-12H,2-3,10,13,18H2,1H3. The summed E-state index contributed by atoms with van der Waals surface area (Å²) < 4.78 is 0. The minimum Gasteiger partial charge on any atom is -0.105 e. The van der Waals surface area contributed by atoms with E-state index in [9.17, 15) is 0 Å². The summed E-state index contributed by atoms with van der Waals surface area (Å²) in [5.74, 6) is 0. The molecule has 0 aliphatic carbocycles. The predicted octanol–water partition coefficient (Wildman–Crippen LogP) is 4.12. The van der Waals surface area contributed by atoms with Crippen LogP contribution in [0.3, 0.4) is 0 Å². The Morgan fingerprint density at radius 2 is 1.72 bits per heavy atom. The summed E-state index contributed by atoms with van der Waals surface area (Å²) in [4.78, 5) is 0. The van der Waals surface area contributed by atoms with Gasteiger partial charge in [-0.25, -0.2) is 0 Å². The monoisotopic (exact) mass is 256 g/mol. The summed E-state index contributed by atoms with van der Waals surface area (Å²) in [5.41, 5.74) is 4.39. The number of benzene rings is 2. The first-order valence-corrected chi connectivity index (χ1v) is 7.29. The first-order valence-electron chi connectivity index (χ1n) is 6.71. The number of aryl methyl sites for hydroxylation is 1. The van der Waals surface area contributed by atoms with Crippen LogP contribution >= 0.6 is 9.24 Å². The highest BCUT2D eigenvalue weighted by Gasteiger charge is 2.06. The Morgan fingerprint density at radius 3 is 2.44 bits per heavy atom. The molecule has 0 N–H and O–H groups in total. The van der Waals surface area contributed by atoms with Crippen molar-refractivity contribution in [2.75, 3.05) is 0 Å². The Bertz CT molecular complexity index is 488. The van der Waals surface area contributed by atoms with Gasteiger partial charge in [0.1, 0.15) is 0 Å². The van der Waals surface area contributed by atoms with Crippen molar-refractivity contribution in [3.8, 4) is 0 Å². The second kappa shape index (κ2) is 6.71. The number of rotatable bonds is 5. The lowest BCUT2D eigenvalue weighted by molar-refractivity contribution is 0.789. The molecule has 0 heterocycles. The van der Waals surface area contributed by atoms with Gasteiger partial charge in [-0.05, 0) is 41.3 Å². The summed E-state index contributed by atoms with van der Waals surface area (Å²) >= 11 is 0. The summed E-state index contributed by atoms with van der Waals surface area (Å²) in [5, 5.41) is 1.34. The Kier molecular flexibility index (Phi) is 4.96. The first kappa shape index (κ1) is 13.3. The molecule has 2 aromatic carbocycles. The van der Waals surface area contributed by atoms with Gasteiger partial charge < -0.3 is 0 Å². The van der Waals surface area contributed by atoms with Gasteiger partial charge in [-0.15, -0.1) is 9.24 Å². The molecule has 0 aliphatic rings. The Morgan fingerprint density at radius 1 is 0.944 bits per heavy atom. The summed E-state index contributed by atoms with van der Waals surface area (Å²) in [6, 6.07) is 17.4.